The van der Waals surface area contributed by atoms with Crippen LogP contribution in [0.25, 0.3) is 5.69 Å². The maximum Gasteiger partial charge on any atom is 0.416 e. The van der Waals surface area contributed by atoms with Crippen molar-refractivity contribution in [2.45, 2.75) is 12.2 Å². The van der Waals surface area contributed by atoms with Gasteiger partial charge in [-0.2, -0.15) is 23.5 Å². The molecule has 0 aliphatic heterocycles. The minimum absolute atomic E-state index is 0.0323. The standard InChI is InChI=1S/C20H14F4N4O2/c1-30-17-11-28(13-6-4-5-12(9-13)20(22,23)24)27-18(17)19(29)26-16(10-25)14-7-2-3-8-15(14)21/h2-9,11,16H,1H3,(H,26,29). The van der Waals surface area contributed by atoms with E-state index in [0.717, 1.165) is 22.9 Å². The van der Waals surface area contributed by atoms with Crippen LogP contribution >= 0.6 is 0 Å². The minimum atomic E-state index is -4.55. The van der Waals surface area contributed by atoms with E-state index in [1.165, 1.54) is 43.6 Å². The lowest BCUT2D eigenvalue weighted by Gasteiger charge is -2.12. The summed E-state index contributed by atoms with van der Waals surface area (Å²) in [6, 6.07) is 10.3. The van der Waals surface area contributed by atoms with Gasteiger partial charge in [0.25, 0.3) is 5.91 Å². The number of halogens is 4. The van der Waals surface area contributed by atoms with Crippen molar-refractivity contribution in [3.05, 3.63) is 77.4 Å². The first kappa shape index (κ1) is 20.9. The van der Waals surface area contributed by atoms with Crippen molar-refractivity contribution < 1.29 is 27.1 Å². The van der Waals surface area contributed by atoms with Gasteiger partial charge in [-0.05, 0) is 24.3 Å². The number of hydrogen-bond acceptors (Lipinski definition) is 4. The summed E-state index contributed by atoms with van der Waals surface area (Å²) in [7, 11) is 1.25. The van der Waals surface area contributed by atoms with Gasteiger partial charge in [0.1, 0.15) is 11.9 Å². The number of nitrogens with one attached hydrogen (secondary N) is 1. The molecule has 0 spiro atoms. The van der Waals surface area contributed by atoms with Crippen LogP contribution in [-0.2, 0) is 6.18 Å². The van der Waals surface area contributed by atoms with E-state index in [2.05, 4.69) is 10.4 Å². The van der Waals surface area contributed by atoms with Crippen LogP contribution in [0, 0.1) is 17.1 Å². The molecule has 1 atom stereocenters. The van der Waals surface area contributed by atoms with Crippen LogP contribution in [0.15, 0.2) is 54.7 Å². The molecule has 3 aromatic rings. The fourth-order valence-corrected chi connectivity index (χ4v) is 2.71. The summed E-state index contributed by atoms with van der Waals surface area (Å²) in [6.45, 7) is 0. The van der Waals surface area contributed by atoms with Gasteiger partial charge in [-0.1, -0.05) is 24.3 Å². The lowest BCUT2D eigenvalue weighted by Crippen LogP contribution is -2.29. The van der Waals surface area contributed by atoms with Crippen LogP contribution in [-0.4, -0.2) is 22.8 Å². The smallest absolute Gasteiger partial charge is 0.416 e. The number of rotatable bonds is 5. The number of hydrogen-bond donors (Lipinski definition) is 1. The van der Waals surface area contributed by atoms with Crippen molar-refractivity contribution in [2.75, 3.05) is 7.11 Å². The van der Waals surface area contributed by atoms with E-state index in [4.69, 9.17) is 4.74 Å². The molecule has 10 heteroatoms. The second-order valence-corrected chi connectivity index (χ2v) is 6.10. The molecule has 1 amide bonds. The Hall–Kier alpha value is -3.87. The van der Waals surface area contributed by atoms with Crippen LogP contribution in [0.3, 0.4) is 0 Å². The van der Waals surface area contributed by atoms with Crippen molar-refractivity contribution in [3.8, 4) is 17.5 Å². The molecule has 1 heterocycles. The van der Waals surface area contributed by atoms with Crippen LogP contribution in [0.2, 0.25) is 0 Å². The molecule has 6 nitrogen and oxygen atoms in total. The van der Waals surface area contributed by atoms with E-state index in [1.807, 2.05) is 0 Å². The first-order valence-corrected chi connectivity index (χ1v) is 8.50. The number of carbonyl (C=O) groups is 1. The molecule has 0 saturated heterocycles. The summed E-state index contributed by atoms with van der Waals surface area (Å²) >= 11 is 0. The molecule has 1 aromatic heterocycles. The molecule has 0 fully saturated rings. The average Bonchev–Trinajstić information content (AvgIpc) is 3.17. The predicted octanol–water partition coefficient (Wildman–Crippen LogP) is 4.03. The van der Waals surface area contributed by atoms with Crippen molar-refractivity contribution in [1.29, 1.82) is 5.26 Å². The largest absolute Gasteiger partial charge is 0.493 e. The van der Waals surface area contributed by atoms with Gasteiger partial charge in [0.2, 0.25) is 0 Å². The van der Waals surface area contributed by atoms with Crippen LogP contribution < -0.4 is 10.1 Å². The zero-order chi connectivity index (χ0) is 21.9. The topological polar surface area (TPSA) is 79.9 Å². The molecule has 1 unspecified atom stereocenters. The number of alkyl halides is 3. The highest BCUT2D eigenvalue weighted by atomic mass is 19.4. The van der Waals surface area contributed by atoms with Crippen molar-refractivity contribution >= 4 is 5.91 Å². The highest BCUT2D eigenvalue weighted by Crippen LogP contribution is 2.31. The van der Waals surface area contributed by atoms with Crippen molar-refractivity contribution in [1.82, 2.24) is 15.1 Å². The number of methoxy groups -OCH3 is 1. The van der Waals surface area contributed by atoms with Gasteiger partial charge in [0.15, 0.2) is 11.4 Å². The first-order valence-electron chi connectivity index (χ1n) is 8.50. The Balaban J connectivity index is 1.92. The molecule has 0 radical (unpaired) electrons. The van der Waals surface area contributed by atoms with E-state index in [0.29, 0.717) is 0 Å². The fraction of sp³-hybridized carbons (Fsp3) is 0.150. The number of ether oxygens (including phenoxy) is 1. The Labute approximate surface area is 168 Å². The minimum Gasteiger partial charge on any atom is -0.493 e. The number of amides is 1. The van der Waals surface area contributed by atoms with Crippen LogP contribution in [0.1, 0.15) is 27.7 Å². The molecule has 30 heavy (non-hydrogen) atoms. The molecule has 0 aliphatic carbocycles. The third-order valence-corrected chi connectivity index (χ3v) is 4.17. The average molecular weight is 418 g/mol. The van der Waals surface area contributed by atoms with Gasteiger partial charge in [-0.25, -0.2) is 9.07 Å². The summed E-state index contributed by atoms with van der Waals surface area (Å²) in [5.41, 5.74) is -1.14. The summed E-state index contributed by atoms with van der Waals surface area (Å²) in [5.74, 6) is -1.56. The van der Waals surface area contributed by atoms with E-state index in [-0.39, 0.29) is 22.7 Å². The number of benzene rings is 2. The Bertz CT molecular complexity index is 1120. The summed E-state index contributed by atoms with van der Waals surface area (Å²) < 4.78 is 59.0. The number of nitrogens with zero attached hydrogens (tertiary/aromatic N) is 3. The van der Waals surface area contributed by atoms with Crippen molar-refractivity contribution in [3.63, 3.8) is 0 Å². The Morgan fingerprint density at radius 3 is 2.60 bits per heavy atom. The maximum atomic E-state index is 13.9. The third kappa shape index (κ3) is 4.25. The molecule has 0 aliphatic rings. The van der Waals surface area contributed by atoms with Gasteiger partial charge in [0, 0.05) is 5.56 Å². The van der Waals surface area contributed by atoms with Gasteiger partial charge in [-0.3, -0.25) is 4.79 Å². The summed E-state index contributed by atoms with van der Waals surface area (Å²) in [5, 5.41) is 15.6. The molecule has 1 N–H and O–H groups in total. The predicted molar refractivity (Wildman–Crippen MR) is 97.3 cm³/mol. The van der Waals surface area contributed by atoms with Crippen molar-refractivity contribution in [2.24, 2.45) is 0 Å². The maximum absolute atomic E-state index is 13.9. The quantitative estimate of drug-likeness (QED) is 0.635. The highest BCUT2D eigenvalue weighted by molar-refractivity contribution is 5.95. The van der Waals surface area contributed by atoms with Crippen LogP contribution in [0.5, 0.6) is 5.75 Å². The highest BCUT2D eigenvalue weighted by Gasteiger charge is 2.31. The third-order valence-electron chi connectivity index (χ3n) is 4.17. The zero-order valence-corrected chi connectivity index (χ0v) is 15.4. The Morgan fingerprint density at radius 2 is 1.97 bits per heavy atom. The number of carbonyl (C=O) groups excluding carboxylic acids is 1. The Morgan fingerprint density at radius 1 is 1.23 bits per heavy atom. The van der Waals surface area contributed by atoms with E-state index in [9.17, 15) is 27.6 Å². The summed E-state index contributed by atoms with van der Waals surface area (Å²) in [4.78, 5) is 12.6. The SMILES string of the molecule is COc1cn(-c2cccc(C(F)(F)F)c2)nc1C(=O)NC(C#N)c1ccccc1F. The van der Waals surface area contributed by atoms with Gasteiger partial charge in [-0.15, -0.1) is 0 Å². The van der Waals surface area contributed by atoms with E-state index < -0.39 is 29.5 Å². The molecule has 154 valence electrons. The molecule has 0 saturated carbocycles. The molecule has 2 aromatic carbocycles. The lowest BCUT2D eigenvalue weighted by molar-refractivity contribution is -0.137. The van der Waals surface area contributed by atoms with E-state index in [1.54, 1.807) is 6.07 Å². The second-order valence-electron chi connectivity index (χ2n) is 6.10. The molecule has 3 rings (SSSR count). The number of aromatic nitrogens is 2. The zero-order valence-electron chi connectivity index (χ0n) is 15.4. The molecular weight excluding hydrogens is 404 g/mol. The fourth-order valence-electron chi connectivity index (χ4n) is 2.71. The number of nitriles is 1. The monoisotopic (exact) mass is 418 g/mol. The Kier molecular flexibility index (Phi) is 5.73. The van der Waals surface area contributed by atoms with E-state index >= 15 is 0 Å². The van der Waals surface area contributed by atoms with Gasteiger partial charge < -0.3 is 10.1 Å². The van der Waals surface area contributed by atoms with Gasteiger partial charge in [0.05, 0.1) is 30.6 Å². The molecular formula is C20H14F4N4O2. The normalized spacial score (nSPS) is 12.1. The van der Waals surface area contributed by atoms with Gasteiger partial charge >= 0.3 is 6.18 Å². The van der Waals surface area contributed by atoms with Crippen LogP contribution in [0.4, 0.5) is 17.6 Å². The molecule has 0 bridgehead atoms. The first-order chi connectivity index (χ1) is 14.2. The lowest BCUT2D eigenvalue weighted by atomic mass is 10.1. The second kappa shape index (κ2) is 8.24. The summed E-state index contributed by atoms with van der Waals surface area (Å²) in [6.07, 6.45) is -3.32.